The third kappa shape index (κ3) is 5.52. The molecule has 1 N–H and O–H groups in total. The molecule has 3 aromatic rings. The van der Waals surface area contributed by atoms with E-state index in [1.807, 2.05) is 36.4 Å². The zero-order chi connectivity index (χ0) is 22.5. The molecular weight excluding hydrogens is 473 g/mol. The van der Waals surface area contributed by atoms with Crippen molar-refractivity contribution < 1.29 is 9.53 Å². The summed E-state index contributed by atoms with van der Waals surface area (Å²) in [4.78, 5) is 14.5. The van der Waals surface area contributed by atoms with E-state index in [1.165, 1.54) is 0 Å². The van der Waals surface area contributed by atoms with Crippen molar-refractivity contribution in [3.05, 3.63) is 74.5 Å². The number of benzene rings is 2. The van der Waals surface area contributed by atoms with Crippen LogP contribution in [-0.2, 0) is 11.2 Å². The van der Waals surface area contributed by atoms with Crippen LogP contribution >= 0.6 is 34.8 Å². The van der Waals surface area contributed by atoms with E-state index in [2.05, 4.69) is 20.6 Å². The Morgan fingerprint density at radius 3 is 2.56 bits per heavy atom. The molecule has 0 radical (unpaired) electrons. The Bertz CT molecular complexity index is 1060. The average Bonchev–Trinajstić information content (AvgIpc) is 3.33. The first-order valence-electron chi connectivity index (χ1n) is 10.3. The molecule has 1 aliphatic rings. The molecule has 1 atom stereocenters. The molecule has 2 heterocycles. The van der Waals surface area contributed by atoms with Gasteiger partial charge >= 0.3 is 6.09 Å². The van der Waals surface area contributed by atoms with Crippen molar-refractivity contribution in [2.24, 2.45) is 5.92 Å². The third-order valence-corrected chi connectivity index (χ3v) is 6.79. The van der Waals surface area contributed by atoms with Crippen LogP contribution in [0.2, 0.25) is 15.1 Å². The molecule has 168 valence electrons. The highest BCUT2D eigenvalue weighted by Crippen LogP contribution is 2.29. The highest BCUT2D eigenvalue weighted by molar-refractivity contribution is 6.42. The third-order valence-electron chi connectivity index (χ3n) is 5.71. The predicted octanol–water partition coefficient (Wildman–Crippen LogP) is 5.38. The molecule has 0 bridgehead atoms. The highest BCUT2D eigenvalue weighted by atomic mass is 35.5. The number of amides is 1. The normalized spacial score (nSPS) is 15.5. The SMILES string of the molecule is O=C(OCC(c1nn[nH]n1)c1ccccc1Cl)N1CCC(Cc2ccc(Cl)c(Cl)c2)CC1. The van der Waals surface area contributed by atoms with E-state index in [4.69, 9.17) is 39.5 Å². The van der Waals surface area contributed by atoms with E-state index < -0.39 is 5.92 Å². The standard InChI is InChI=1S/C22H22Cl3N5O2/c23-18-4-2-1-3-16(18)17(21-26-28-29-27-21)13-32-22(31)30-9-7-14(8-10-30)11-15-5-6-19(24)20(25)12-15/h1-6,12,14,17H,7-11,13H2,(H,26,27,28,29). The maximum atomic E-state index is 12.7. The molecule has 4 rings (SSSR count). The number of rotatable bonds is 6. The van der Waals surface area contributed by atoms with Crippen molar-refractivity contribution in [3.8, 4) is 0 Å². The highest BCUT2D eigenvalue weighted by Gasteiger charge is 2.27. The minimum atomic E-state index is -0.404. The van der Waals surface area contributed by atoms with Crippen molar-refractivity contribution in [1.82, 2.24) is 25.5 Å². The first-order chi connectivity index (χ1) is 15.5. The summed E-state index contributed by atoms with van der Waals surface area (Å²) in [5, 5.41) is 15.9. The van der Waals surface area contributed by atoms with Crippen molar-refractivity contribution in [3.63, 3.8) is 0 Å². The van der Waals surface area contributed by atoms with Gasteiger partial charge in [-0.25, -0.2) is 4.79 Å². The number of piperidine rings is 1. The number of carbonyl (C=O) groups is 1. The van der Waals surface area contributed by atoms with Gasteiger partial charge in [0.25, 0.3) is 0 Å². The Balaban J connectivity index is 1.32. The van der Waals surface area contributed by atoms with E-state index in [9.17, 15) is 4.79 Å². The zero-order valence-electron chi connectivity index (χ0n) is 17.2. The van der Waals surface area contributed by atoms with Gasteiger partial charge in [-0.2, -0.15) is 5.21 Å². The van der Waals surface area contributed by atoms with E-state index in [1.54, 1.807) is 11.0 Å². The van der Waals surface area contributed by atoms with Crippen LogP contribution < -0.4 is 0 Å². The molecular formula is C22H22Cl3N5O2. The quantitative estimate of drug-likeness (QED) is 0.497. The summed E-state index contributed by atoms with van der Waals surface area (Å²) in [6.07, 6.45) is 2.35. The summed E-state index contributed by atoms with van der Waals surface area (Å²) in [6, 6.07) is 13.1. The van der Waals surface area contributed by atoms with Crippen molar-refractivity contribution >= 4 is 40.9 Å². The van der Waals surface area contributed by atoms with E-state index in [0.29, 0.717) is 39.9 Å². The van der Waals surface area contributed by atoms with Gasteiger partial charge in [0.2, 0.25) is 0 Å². The Kier molecular flexibility index (Phi) is 7.50. The van der Waals surface area contributed by atoms with Gasteiger partial charge in [-0.3, -0.25) is 0 Å². The van der Waals surface area contributed by atoms with Crippen LogP contribution in [0.3, 0.4) is 0 Å². The fourth-order valence-corrected chi connectivity index (χ4v) is 4.53. The molecule has 1 saturated heterocycles. The Hall–Kier alpha value is -2.35. The summed E-state index contributed by atoms with van der Waals surface area (Å²) >= 11 is 18.5. The number of aromatic nitrogens is 4. The van der Waals surface area contributed by atoms with Gasteiger partial charge in [-0.05, 0) is 54.5 Å². The lowest BCUT2D eigenvalue weighted by molar-refractivity contribution is 0.0848. The number of aromatic amines is 1. The number of nitrogens with one attached hydrogen (secondary N) is 1. The average molecular weight is 495 g/mol. The molecule has 32 heavy (non-hydrogen) atoms. The largest absolute Gasteiger partial charge is 0.448 e. The molecule has 0 saturated carbocycles. The van der Waals surface area contributed by atoms with Crippen LogP contribution in [0.4, 0.5) is 4.79 Å². The fraction of sp³-hybridized carbons (Fsp3) is 0.364. The maximum absolute atomic E-state index is 12.7. The number of ether oxygens (including phenoxy) is 1. The molecule has 7 nitrogen and oxygen atoms in total. The van der Waals surface area contributed by atoms with Crippen LogP contribution in [0.25, 0.3) is 0 Å². The van der Waals surface area contributed by atoms with Crippen LogP contribution in [-0.4, -0.2) is 51.3 Å². The minimum absolute atomic E-state index is 0.0747. The van der Waals surface area contributed by atoms with Gasteiger partial charge < -0.3 is 9.64 Å². The fourth-order valence-electron chi connectivity index (χ4n) is 3.94. The van der Waals surface area contributed by atoms with Gasteiger partial charge in [-0.15, -0.1) is 10.2 Å². The topological polar surface area (TPSA) is 84.0 Å². The molecule has 2 aromatic carbocycles. The number of nitrogens with zero attached hydrogens (tertiary/aromatic N) is 4. The van der Waals surface area contributed by atoms with Gasteiger partial charge in [0.05, 0.1) is 16.0 Å². The van der Waals surface area contributed by atoms with Gasteiger partial charge in [0.1, 0.15) is 6.61 Å². The van der Waals surface area contributed by atoms with Gasteiger partial charge in [0.15, 0.2) is 5.82 Å². The lowest BCUT2D eigenvalue weighted by Gasteiger charge is -2.31. The van der Waals surface area contributed by atoms with Crippen molar-refractivity contribution in [2.75, 3.05) is 19.7 Å². The summed E-state index contributed by atoms with van der Waals surface area (Å²) in [5.74, 6) is 0.497. The smallest absolute Gasteiger partial charge is 0.409 e. The minimum Gasteiger partial charge on any atom is -0.448 e. The monoisotopic (exact) mass is 493 g/mol. The summed E-state index contributed by atoms with van der Waals surface area (Å²) in [5.41, 5.74) is 1.94. The summed E-state index contributed by atoms with van der Waals surface area (Å²) < 4.78 is 5.63. The van der Waals surface area contributed by atoms with Gasteiger partial charge in [0, 0.05) is 18.1 Å². The molecule has 1 aromatic heterocycles. The second kappa shape index (κ2) is 10.5. The number of halogens is 3. The molecule has 1 aliphatic heterocycles. The molecule has 1 unspecified atom stereocenters. The Morgan fingerprint density at radius 1 is 1.09 bits per heavy atom. The van der Waals surface area contributed by atoms with E-state index in [0.717, 1.165) is 30.4 Å². The number of hydrogen-bond acceptors (Lipinski definition) is 5. The van der Waals surface area contributed by atoms with Crippen LogP contribution in [0.1, 0.15) is 35.7 Å². The second-order valence-corrected chi connectivity index (χ2v) is 9.03. The molecule has 0 aliphatic carbocycles. The number of likely N-dealkylation sites (tertiary alicyclic amines) is 1. The Morgan fingerprint density at radius 2 is 1.88 bits per heavy atom. The first kappa shape index (κ1) is 22.8. The van der Waals surface area contributed by atoms with Crippen LogP contribution in [0.5, 0.6) is 0 Å². The predicted molar refractivity (Wildman–Crippen MR) is 123 cm³/mol. The first-order valence-corrected chi connectivity index (χ1v) is 11.5. The summed E-state index contributed by atoms with van der Waals surface area (Å²) in [6.45, 7) is 1.36. The number of hydrogen-bond donors (Lipinski definition) is 1. The number of carbonyl (C=O) groups excluding carboxylic acids is 1. The maximum Gasteiger partial charge on any atom is 0.409 e. The van der Waals surface area contributed by atoms with Gasteiger partial charge in [-0.1, -0.05) is 64.3 Å². The van der Waals surface area contributed by atoms with Crippen molar-refractivity contribution in [1.29, 1.82) is 0 Å². The van der Waals surface area contributed by atoms with E-state index >= 15 is 0 Å². The van der Waals surface area contributed by atoms with Crippen LogP contribution in [0.15, 0.2) is 42.5 Å². The summed E-state index contributed by atoms with van der Waals surface area (Å²) in [7, 11) is 0. The Labute approximate surface area is 201 Å². The van der Waals surface area contributed by atoms with E-state index in [-0.39, 0.29) is 12.7 Å². The van der Waals surface area contributed by atoms with Crippen molar-refractivity contribution in [2.45, 2.75) is 25.2 Å². The molecule has 1 fully saturated rings. The lowest BCUT2D eigenvalue weighted by atomic mass is 9.90. The molecule has 0 spiro atoms. The van der Waals surface area contributed by atoms with Crippen LogP contribution in [0, 0.1) is 5.92 Å². The number of tetrazole rings is 1. The second-order valence-electron chi connectivity index (χ2n) is 7.80. The lowest BCUT2D eigenvalue weighted by Crippen LogP contribution is -2.39. The molecule has 10 heteroatoms. The molecule has 1 amide bonds. The number of H-pyrrole nitrogens is 1. The zero-order valence-corrected chi connectivity index (χ0v) is 19.4.